The molecule has 3 rings (SSSR count). The molecule has 0 atom stereocenters. The summed E-state index contributed by atoms with van der Waals surface area (Å²) in [6.07, 6.45) is 2.69. The maximum Gasteiger partial charge on any atom is 0.128 e. The first-order valence-electron chi connectivity index (χ1n) is 6.85. The largest absolute Gasteiger partial charge is 0.355 e. The Morgan fingerprint density at radius 1 is 1.33 bits per heavy atom. The van der Waals surface area contributed by atoms with Gasteiger partial charge >= 0.3 is 0 Å². The SMILES string of the molecule is Cc1nc(N2CCSCC2)ccc1CNC1CC1. The van der Waals surface area contributed by atoms with Crippen LogP contribution in [0.25, 0.3) is 0 Å². The summed E-state index contributed by atoms with van der Waals surface area (Å²) in [7, 11) is 0. The van der Waals surface area contributed by atoms with E-state index in [0.29, 0.717) is 0 Å². The third kappa shape index (κ3) is 2.98. The fourth-order valence-electron chi connectivity index (χ4n) is 2.27. The first kappa shape index (κ1) is 12.3. The van der Waals surface area contributed by atoms with Crippen molar-refractivity contribution in [1.29, 1.82) is 0 Å². The van der Waals surface area contributed by atoms with Crippen LogP contribution in [0.3, 0.4) is 0 Å². The molecule has 1 aromatic rings. The van der Waals surface area contributed by atoms with Gasteiger partial charge in [0.15, 0.2) is 0 Å². The minimum atomic E-state index is 0.767. The Morgan fingerprint density at radius 2 is 2.11 bits per heavy atom. The molecule has 1 aliphatic carbocycles. The predicted molar refractivity (Wildman–Crippen MR) is 78.4 cm³/mol. The molecule has 2 fully saturated rings. The van der Waals surface area contributed by atoms with Gasteiger partial charge in [-0.3, -0.25) is 0 Å². The monoisotopic (exact) mass is 263 g/mol. The summed E-state index contributed by atoms with van der Waals surface area (Å²) in [6.45, 7) is 5.37. The van der Waals surface area contributed by atoms with E-state index in [1.54, 1.807) is 0 Å². The molecule has 4 heteroatoms. The van der Waals surface area contributed by atoms with Gasteiger partial charge in [-0.1, -0.05) is 6.07 Å². The van der Waals surface area contributed by atoms with Gasteiger partial charge in [-0.2, -0.15) is 11.8 Å². The first-order chi connectivity index (χ1) is 8.83. The van der Waals surface area contributed by atoms with E-state index in [2.05, 4.69) is 29.3 Å². The molecule has 0 unspecified atom stereocenters. The number of pyridine rings is 1. The number of rotatable bonds is 4. The Balaban J connectivity index is 1.66. The lowest BCUT2D eigenvalue weighted by molar-refractivity contribution is 0.681. The van der Waals surface area contributed by atoms with Crippen molar-refractivity contribution < 1.29 is 0 Å². The van der Waals surface area contributed by atoms with Crippen LogP contribution in [0, 0.1) is 6.92 Å². The van der Waals surface area contributed by atoms with Crippen LogP contribution in [-0.4, -0.2) is 35.6 Å². The van der Waals surface area contributed by atoms with Gasteiger partial charge in [0.25, 0.3) is 0 Å². The van der Waals surface area contributed by atoms with E-state index in [4.69, 9.17) is 4.98 Å². The van der Waals surface area contributed by atoms with Crippen molar-refractivity contribution in [3.05, 3.63) is 23.4 Å². The standard InChI is InChI=1S/C14H21N3S/c1-11-12(10-15-13-3-4-13)2-5-14(16-11)17-6-8-18-9-7-17/h2,5,13,15H,3-4,6-10H2,1H3. The highest BCUT2D eigenvalue weighted by Gasteiger charge is 2.20. The average molecular weight is 263 g/mol. The Kier molecular flexibility index (Phi) is 3.75. The summed E-state index contributed by atoms with van der Waals surface area (Å²) in [5.74, 6) is 3.61. The van der Waals surface area contributed by atoms with E-state index in [0.717, 1.165) is 31.5 Å². The summed E-state index contributed by atoms with van der Waals surface area (Å²) in [5.41, 5.74) is 2.52. The van der Waals surface area contributed by atoms with E-state index in [9.17, 15) is 0 Å². The number of nitrogens with zero attached hydrogens (tertiary/aromatic N) is 2. The summed E-state index contributed by atoms with van der Waals surface area (Å²) in [6, 6.07) is 5.20. The molecule has 1 aromatic heterocycles. The van der Waals surface area contributed by atoms with Gasteiger partial charge in [-0.05, 0) is 31.4 Å². The molecule has 0 radical (unpaired) electrons. The molecule has 2 aliphatic rings. The molecule has 0 bridgehead atoms. The van der Waals surface area contributed by atoms with Crippen LogP contribution in [0.1, 0.15) is 24.1 Å². The second kappa shape index (κ2) is 5.49. The highest BCUT2D eigenvalue weighted by molar-refractivity contribution is 7.99. The molecular formula is C14H21N3S. The molecule has 98 valence electrons. The number of thioether (sulfide) groups is 1. The van der Waals surface area contributed by atoms with Crippen LogP contribution in [-0.2, 0) is 6.54 Å². The minimum Gasteiger partial charge on any atom is -0.355 e. The fourth-order valence-corrected chi connectivity index (χ4v) is 3.18. The molecule has 0 spiro atoms. The van der Waals surface area contributed by atoms with Crippen LogP contribution in [0.5, 0.6) is 0 Å². The van der Waals surface area contributed by atoms with Gasteiger partial charge in [0.05, 0.1) is 0 Å². The molecule has 2 heterocycles. The van der Waals surface area contributed by atoms with E-state index in [-0.39, 0.29) is 0 Å². The Bertz CT molecular complexity index is 412. The zero-order valence-corrected chi connectivity index (χ0v) is 11.8. The molecule has 18 heavy (non-hydrogen) atoms. The average Bonchev–Trinajstić information content (AvgIpc) is 3.22. The summed E-state index contributed by atoms with van der Waals surface area (Å²) in [5, 5.41) is 3.56. The van der Waals surface area contributed by atoms with Gasteiger partial charge in [0.2, 0.25) is 0 Å². The number of aryl methyl sites for hydroxylation is 1. The smallest absolute Gasteiger partial charge is 0.128 e. The van der Waals surface area contributed by atoms with Crippen LogP contribution in [0.4, 0.5) is 5.82 Å². The Labute approximate surface area is 113 Å². The lowest BCUT2D eigenvalue weighted by atomic mass is 10.2. The van der Waals surface area contributed by atoms with Crippen LogP contribution in [0.2, 0.25) is 0 Å². The predicted octanol–water partition coefficient (Wildman–Crippen LogP) is 2.20. The van der Waals surface area contributed by atoms with Crippen molar-refractivity contribution in [2.45, 2.75) is 32.4 Å². The zero-order chi connectivity index (χ0) is 12.4. The van der Waals surface area contributed by atoms with Crippen molar-refractivity contribution in [3.8, 4) is 0 Å². The lowest BCUT2D eigenvalue weighted by Gasteiger charge is -2.28. The van der Waals surface area contributed by atoms with Gasteiger partial charge in [-0.25, -0.2) is 4.98 Å². The van der Waals surface area contributed by atoms with Crippen molar-refractivity contribution in [1.82, 2.24) is 10.3 Å². The molecule has 1 saturated carbocycles. The van der Waals surface area contributed by atoms with Crippen LogP contribution < -0.4 is 10.2 Å². The number of nitrogens with one attached hydrogen (secondary N) is 1. The molecule has 0 aromatic carbocycles. The number of aromatic nitrogens is 1. The van der Waals surface area contributed by atoms with Gasteiger partial charge < -0.3 is 10.2 Å². The highest BCUT2D eigenvalue weighted by Crippen LogP contribution is 2.21. The topological polar surface area (TPSA) is 28.2 Å². The second-order valence-electron chi connectivity index (χ2n) is 5.17. The van der Waals surface area contributed by atoms with Gasteiger partial charge in [0, 0.05) is 42.9 Å². The Hall–Kier alpha value is -0.740. The normalized spacial score (nSPS) is 20.2. The maximum atomic E-state index is 4.77. The number of hydrogen-bond acceptors (Lipinski definition) is 4. The highest BCUT2D eigenvalue weighted by atomic mass is 32.2. The molecule has 1 aliphatic heterocycles. The number of hydrogen-bond donors (Lipinski definition) is 1. The third-order valence-electron chi connectivity index (χ3n) is 3.67. The van der Waals surface area contributed by atoms with Crippen molar-refractivity contribution >= 4 is 17.6 Å². The lowest BCUT2D eigenvalue weighted by Crippen LogP contribution is -2.33. The fraction of sp³-hybridized carbons (Fsp3) is 0.643. The van der Waals surface area contributed by atoms with Crippen molar-refractivity contribution in [2.75, 3.05) is 29.5 Å². The minimum absolute atomic E-state index is 0.767. The van der Waals surface area contributed by atoms with Gasteiger partial charge in [-0.15, -0.1) is 0 Å². The molecule has 1 N–H and O–H groups in total. The maximum absolute atomic E-state index is 4.77. The molecule has 3 nitrogen and oxygen atoms in total. The molecule has 1 saturated heterocycles. The van der Waals surface area contributed by atoms with Crippen LogP contribution >= 0.6 is 11.8 Å². The summed E-state index contributed by atoms with van der Waals surface area (Å²) >= 11 is 2.04. The third-order valence-corrected chi connectivity index (χ3v) is 4.62. The molecular weight excluding hydrogens is 242 g/mol. The second-order valence-corrected chi connectivity index (χ2v) is 6.39. The quantitative estimate of drug-likeness (QED) is 0.901. The summed E-state index contributed by atoms with van der Waals surface area (Å²) < 4.78 is 0. The number of anilines is 1. The van der Waals surface area contributed by atoms with E-state index < -0.39 is 0 Å². The van der Waals surface area contributed by atoms with Crippen molar-refractivity contribution in [2.24, 2.45) is 0 Å². The van der Waals surface area contributed by atoms with Crippen molar-refractivity contribution in [3.63, 3.8) is 0 Å². The van der Waals surface area contributed by atoms with Gasteiger partial charge in [0.1, 0.15) is 5.82 Å². The zero-order valence-electron chi connectivity index (χ0n) is 11.0. The van der Waals surface area contributed by atoms with Crippen LogP contribution in [0.15, 0.2) is 12.1 Å². The van der Waals surface area contributed by atoms with E-state index in [1.165, 1.54) is 35.6 Å². The molecule has 0 amide bonds. The van der Waals surface area contributed by atoms with E-state index >= 15 is 0 Å². The summed E-state index contributed by atoms with van der Waals surface area (Å²) in [4.78, 5) is 7.18. The Morgan fingerprint density at radius 3 is 2.78 bits per heavy atom. The van der Waals surface area contributed by atoms with E-state index in [1.807, 2.05) is 11.8 Å². The first-order valence-corrected chi connectivity index (χ1v) is 8.01.